The maximum Gasteiger partial charge on any atom is 0.435 e. The summed E-state index contributed by atoms with van der Waals surface area (Å²) in [5.74, 6) is -3.55. The van der Waals surface area contributed by atoms with Crippen LogP contribution in [0, 0.1) is 0 Å². The van der Waals surface area contributed by atoms with Gasteiger partial charge in [-0.2, -0.15) is 18.3 Å². The van der Waals surface area contributed by atoms with E-state index in [-0.39, 0.29) is 18.7 Å². The van der Waals surface area contributed by atoms with Crippen molar-refractivity contribution in [1.29, 1.82) is 0 Å². The molecule has 8 heteroatoms. The molecule has 0 radical (unpaired) electrons. The molecule has 1 aromatic heterocycles. The summed E-state index contributed by atoms with van der Waals surface area (Å²) in [7, 11) is 0. The maximum atomic E-state index is 13.5. The Labute approximate surface area is 112 Å². The van der Waals surface area contributed by atoms with Crippen molar-refractivity contribution in [3.63, 3.8) is 0 Å². The Bertz CT molecular complexity index is 495. The van der Waals surface area contributed by atoms with Gasteiger partial charge in [-0.1, -0.05) is 13.3 Å². The van der Waals surface area contributed by atoms with Crippen LogP contribution < -0.4 is 0 Å². The van der Waals surface area contributed by atoms with Crippen LogP contribution in [0.25, 0.3) is 0 Å². The number of fused-ring (bicyclic) bond motifs is 1. The SMILES string of the molecule is CCCCn1nc(C(F)(F)F)c2c1CCC(F)(F)[C@H]2O. The van der Waals surface area contributed by atoms with E-state index in [4.69, 9.17) is 0 Å². The average molecular weight is 298 g/mol. The lowest BCUT2D eigenvalue weighted by Gasteiger charge is -2.28. The second kappa shape index (κ2) is 4.98. The Kier molecular flexibility index (Phi) is 3.79. The van der Waals surface area contributed by atoms with Crippen molar-refractivity contribution in [2.24, 2.45) is 0 Å². The first-order valence-corrected chi connectivity index (χ1v) is 6.41. The van der Waals surface area contributed by atoms with E-state index < -0.39 is 35.9 Å². The Morgan fingerprint density at radius 1 is 1.40 bits per heavy atom. The molecule has 0 saturated carbocycles. The summed E-state index contributed by atoms with van der Waals surface area (Å²) in [5.41, 5.74) is -2.08. The number of unbranched alkanes of at least 4 members (excludes halogenated alkanes) is 1. The highest BCUT2D eigenvalue weighted by molar-refractivity contribution is 5.35. The molecule has 20 heavy (non-hydrogen) atoms. The van der Waals surface area contributed by atoms with E-state index in [1.165, 1.54) is 0 Å². The summed E-state index contributed by atoms with van der Waals surface area (Å²) in [6.07, 6.45) is -6.84. The quantitative estimate of drug-likeness (QED) is 0.869. The number of halogens is 5. The highest BCUT2D eigenvalue weighted by atomic mass is 19.4. The average Bonchev–Trinajstić information content (AvgIpc) is 2.70. The van der Waals surface area contributed by atoms with Crippen LogP contribution in [0.15, 0.2) is 0 Å². The molecule has 0 spiro atoms. The van der Waals surface area contributed by atoms with Gasteiger partial charge in [0.05, 0.1) is 0 Å². The normalized spacial score (nSPS) is 21.9. The van der Waals surface area contributed by atoms with Crippen molar-refractivity contribution in [2.45, 2.75) is 57.4 Å². The molecule has 114 valence electrons. The third kappa shape index (κ3) is 2.53. The maximum absolute atomic E-state index is 13.5. The van der Waals surface area contributed by atoms with Crippen LogP contribution in [0.2, 0.25) is 0 Å². The Morgan fingerprint density at radius 2 is 2.05 bits per heavy atom. The van der Waals surface area contributed by atoms with Crippen LogP contribution in [-0.4, -0.2) is 20.8 Å². The summed E-state index contributed by atoms with van der Waals surface area (Å²) >= 11 is 0. The van der Waals surface area contributed by atoms with Crippen LogP contribution in [0.4, 0.5) is 22.0 Å². The first kappa shape index (κ1) is 15.2. The molecule has 1 heterocycles. The zero-order valence-corrected chi connectivity index (χ0v) is 10.8. The molecule has 1 atom stereocenters. The number of nitrogens with zero attached hydrogens (tertiary/aromatic N) is 2. The highest BCUT2D eigenvalue weighted by Gasteiger charge is 2.51. The number of aliphatic hydroxyl groups excluding tert-OH is 1. The number of rotatable bonds is 3. The lowest BCUT2D eigenvalue weighted by molar-refractivity contribution is -0.150. The smallest absolute Gasteiger partial charge is 0.382 e. The first-order valence-electron chi connectivity index (χ1n) is 6.41. The number of alkyl halides is 5. The van der Waals surface area contributed by atoms with E-state index in [2.05, 4.69) is 5.10 Å². The molecule has 0 saturated heterocycles. The number of aryl methyl sites for hydroxylation is 1. The van der Waals surface area contributed by atoms with Crippen LogP contribution >= 0.6 is 0 Å². The van der Waals surface area contributed by atoms with Crippen molar-refractivity contribution in [2.75, 3.05) is 0 Å². The molecule has 3 nitrogen and oxygen atoms in total. The fraction of sp³-hybridized carbons (Fsp3) is 0.750. The summed E-state index contributed by atoms with van der Waals surface area (Å²) in [6.45, 7) is 2.09. The monoisotopic (exact) mass is 298 g/mol. The number of hydrogen-bond donors (Lipinski definition) is 1. The highest BCUT2D eigenvalue weighted by Crippen LogP contribution is 2.46. The second-order valence-corrected chi connectivity index (χ2v) is 4.95. The van der Waals surface area contributed by atoms with Crippen molar-refractivity contribution in [3.8, 4) is 0 Å². The van der Waals surface area contributed by atoms with E-state index in [9.17, 15) is 27.1 Å². The molecule has 0 bridgehead atoms. The number of aliphatic hydroxyl groups is 1. The second-order valence-electron chi connectivity index (χ2n) is 4.95. The van der Waals surface area contributed by atoms with Crippen LogP contribution in [-0.2, 0) is 19.1 Å². The van der Waals surface area contributed by atoms with Gasteiger partial charge in [0.1, 0.15) is 6.10 Å². The lowest BCUT2D eigenvalue weighted by Crippen LogP contribution is -2.33. The summed E-state index contributed by atoms with van der Waals surface area (Å²) in [6, 6.07) is 0. The fourth-order valence-corrected chi connectivity index (χ4v) is 2.40. The molecular weight excluding hydrogens is 283 g/mol. The summed E-state index contributed by atoms with van der Waals surface area (Å²) in [4.78, 5) is 0. The topological polar surface area (TPSA) is 38.0 Å². The Morgan fingerprint density at radius 3 is 2.60 bits per heavy atom. The van der Waals surface area contributed by atoms with Crippen LogP contribution in [0.3, 0.4) is 0 Å². The van der Waals surface area contributed by atoms with Crippen LogP contribution in [0.1, 0.15) is 49.2 Å². The predicted molar refractivity (Wildman–Crippen MR) is 60.4 cm³/mol. The van der Waals surface area contributed by atoms with E-state index in [1.54, 1.807) is 0 Å². The molecule has 0 unspecified atom stereocenters. The van der Waals surface area contributed by atoms with E-state index >= 15 is 0 Å². The van der Waals surface area contributed by atoms with Gasteiger partial charge in [0.2, 0.25) is 0 Å². The molecule has 0 aromatic carbocycles. The van der Waals surface area contributed by atoms with Crippen molar-refractivity contribution in [1.82, 2.24) is 9.78 Å². The number of hydrogen-bond acceptors (Lipinski definition) is 2. The molecule has 1 aromatic rings. The van der Waals surface area contributed by atoms with Crippen molar-refractivity contribution >= 4 is 0 Å². The van der Waals surface area contributed by atoms with Gasteiger partial charge in [0.15, 0.2) is 5.69 Å². The van der Waals surface area contributed by atoms with Gasteiger partial charge in [0, 0.05) is 24.2 Å². The molecule has 1 aliphatic rings. The van der Waals surface area contributed by atoms with Crippen molar-refractivity contribution < 1.29 is 27.1 Å². The largest absolute Gasteiger partial charge is 0.435 e. The Balaban J connectivity index is 2.52. The van der Waals surface area contributed by atoms with Crippen molar-refractivity contribution in [3.05, 3.63) is 17.0 Å². The fourth-order valence-electron chi connectivity index (χ4n) is 2.40. The number of aromatic nitrogens is 2. The zero-order chi connectivity index (χ0) is 15.1. The minimum absolute atomic E-state index is 0.0733. The first-order chi connectivity index (χ1) is 9.18. The van der Waals surface area contributed by atoms with Gasteiger partial charge >= 0.3 is 6.18 Å². The standard InChI is InChI=1S/C12H15F5N2O/c1-2-3-6-19-7-4-5-11(13,14)10(20)8(7)9(18-19)12(15,16)17/h10,20H,2-6H2,1H3/t10-/m0/s1. The predicted octanol–water partition coefficient (Wildman–Crippen LogP) is 3.32. The molecule has 2 rings (SSSR count). The van der Waals surface area contributed by atoms with E-state index in [0.717, 1.165) is 11.1 Å². The minimum atomic E-state index is -4.85. The third-order valence-electron chi connectivity index (χ3n) is 3.46. The summed E-state index contributed by atoms with van der Waals surface area (Å²) < 4.78 is 66.7. The summed E-state index contributed by atoms with van der Waals surface area (Å²) in [5, 5.41) is 13.0. The van der Waals surface area contributed by atoms with Gasteiger partial charge in [-0.15, -0.1) is 0 Å². The molecule has 0 amide bonds. The minimum Gasteiger partial charge on any atom is -0.382 e. The van der Waals surface area contributed by atoms with E-state index in [1.807, 2.05) is 6.92 Å². The van der Waals surface area contributed by atoms with E-state index in [0.29, 0.717) is 6.42 Å². The molecule has 1 aliphatic carbocycles. The van der Waals surface area contributed by atoms with Gasteiger partial charge in [0.25, 0.3) is 5.92 Å². The van der Waals surface area contributed by atoms with Gasteiger partial charge in [-0.3, -0.25) is 4.68 Å². The van der Waals surface area contributed by atoms with Gasteiger partial charge in [-0.25, -0.2) is 8.78 Å². The molecule has 0 aliphatic heterocycles. The van der Waals surface area contributed by atoms with Gasteiger partial charge in [-0.05, 0) is 12.8 Å². The molecular formula is C12H15F5N2O. The molecule has 0 fully saturated rings. The van der Waals surface area contributed by atoms with Gasteiger partial charge < -0.3 is 5.11 Å². The third-order valence-corrected chi connectivity index (χ3v) is 3.46. The molecule has 1 N–H and O–H groups in total. The lowest BCUT2D eigenvalue weighted by atomic mass is 9.89. The Hall–Kier alpha value is -1.18. The van der Waals surface area contributed by atoms with Crippen LogP contribution in [0.5, 0.6) is 0 Å². The zero-order valence-electron chi connectivity index (χ0n) is 10.8.